The smallest absolute Gasteiger partial charge is 0.261 e. The van der Waals surface area contributed by atoms with Gasteiger partial charge in [0.1, 0.15) is 0 Å². The van der Waals surface area contributed by atoms with Gasteiger partial charge < -0.3 is 14.2 Å². The monoisotopic (exact) mass is 619 g/mol. The molecule has 0 saturated carbocycles. The molecule has 1 aromatic carbocycles. The molecule has 10 nitrogen and oxygen atoms in total. The van der Waals surface area contributed by atoms with Gasteiger partial charge >= 0.3 is 0 Å². The summed E-state index contributed by atoms with van der Waals surface area (Å²) in [6.45, 7) is 9.20. The fraction of sp³-hybridized carbons (Fsp3) is 0.333. The molecule has 4 aromatic heterocycles. The standard InChI is InChI=1S/C22H22N4O2.C14H19N3O/c1-22(2,25-14-19(24-15-25)16-7-5-11-23-13-16)10-6-12-26-20(27)17-8-3-4-9-18(17)21(26)28;1-14(2,6-4-8-18)17-10-13(16-11-17)12-5-3-7-15-9-12/h3-5,7-9,11,13-15H,6,10,12H2,1-2H3;3,5,7,9-11,18H,4,6,8H2,1-2H3. The average molecular weight is 620 g/mol. The maximum absolute atomic E-state index is 12.5. The van der Waals surface area contributed by atoms with E-state index >= 15 is 0 Å². The molecule has 0 spiro atoms. The molecule has 46 heavy (non-hydrogen) atoms. The summed E-state index contributed by atoms with van der Waals surface area (Å²) in [5, 5.41) is 8.93. The molecular weight excluding hydrogens is 578 g/mol. The third-order valence-corrected chi connectivity index (χ3v) is 8.47. The number of hydrogen-bond donors (Lipinski definition) is 1. The Morgan fingerprint density at radius 1 is 0.674 bits per heavy atom. The van der Waals surface area contributed by atoms with Gasteiger partial charge in [-0.1, -0.05) is 12.1 Å². The van der Waals surface area contributed by atoms with Crippen LogP contribution < -0.4 is 0 Å². The van der Waals surface area contributed by atoms with Crippen LogP contribution in [0.5, 0.6) is 0 Å². The van der Waals surface area contributed by atoms with Crippen molar-refractivity contribution in [3.8, 4) is 22.5 Å². The molecule has 0 aliphatic carbocycles. The van der Waals surface area contributed by atoms with Crippen molar-refractivity contribution < 1.29 is 14.7 Å². The van der Waals surface area contributed by atoms with Gasteiger partial charge in [0.25, 0.3) is 11.8 Å². The predicted octanol–water partition coefficient (Wildman–Crippen LogP) is 6.21. The topological polar surface area (TPSA) is 119 Å². The molecule has 0 fully saturated rings. The minimum Gasteiger partial charge on any atom is -0.396 e. The van der Waals surface area contributed by atoms with Crippen molar-refractivity contribution in [2.45, 2.75) is 64.5 Å². The molecule has 5 heterocycles. The van der Waals surface area contributed by atoms with Crippen molar-refractivity contribution in [3.05, 3.63) is 109 Å². The van der Waals surface area contributed by atoms with Crippen molar-refractivity contribution in [3.63, 3.8) is 0 Å². The van der Waals surface area contributed by atoms with Crippen LogP contribution in [-0.4, -0.2) is 64.0 Å². The molecule has 10 heteroatoms. The third-order valence-electron chi connectivity index (χ3n) is 8.47. The van der Waals surface area contributed by atoms with E-state index in [1.165, 1.54) is 4.90 Å². The van der Waals surface area contributed by atoms with E-state index in [2.05, 4.69) is 56.8 Å². The Morgan fingerprint density at radius 2 is 1.15 bits per heavy atom. The number of fused-ring (bicyclic) bond motifs is 1. The van der Waals surface area contributed by atoms with E-state index in [9.17, 15) is 9.59 Å². The highest BCUT2D eigenvalue weighted by atomic mass is 16.3. The number of imidazole rings is 2. The number of imide groups is 1. The van der Waals surface area contributed by atoms with Crippen molar-refractivity contribution in [2.75, 3.05) is 13.2 Å². The van der Waals surface area contributed by atoms with Crippen LogP contribution in [0.2, 0.25) is 0 Å². The Kier molecular flexibility index (Phi) is 9.87. The molecule has 0 saturated heterocycles. The van der Waals surface area contributed by atoms with E-state index in [4.69, 9.17) is 5.11 Å². The van der Waals surface area contributed by atoms with Crippen LogP contribution in [0.4, 0.5) is 0 Å². The molecule has 238 valence electrons. The highest BCUT2D eigenvalue weighted by Crippen LogP contribution is 2.28. The number of aliphatic hydroxyl groups is 1. The van der Waals surface area contributed by atoms with Crippen LogP contribution >= 0.6 is 0 Å². The van der Waals surface area contributed by atoms with E-state index in [1.807, 2.05) is 55.5 Å². The number of aliphatic hydroxyl groups excluding tert-OH is 1. The lowest BCUT2D eigenvalue weighted by Gasteiger charge is -2.27. The fourth-order valence-corrected chi connectivity index (χ4v) is 5.52. The maximum Gasteiger partial charge on any atom is 0.261 e. The van der Waals surface area contributed by atoms with Crippen molar-refractivity contribution in [1.82, 2.24) is 34.0 Å². The van der Waals surface area contributed by atoms with Gasteiger partial charge in [0, 0.05) is 72.5 Å². The molecule has 1 aliphatic rings. The number of amides is 2. The summed E-state index contributed by atoms with van der Waals surface area (Å²) in [6, 6.07) is 14.8. The molecule has 2 amide bonds. The number of nitrogens with zero attached hydrogens (tertiary/aromatic N) is 7. The van der Waals surface area contributed by atoms with Crippen molar-refractivity contribution in [1.29, 1.82) is 0 Å². The summed E-state index contributed by atoms with van der Waals surface area (Å²) in [5.41, 5.74) is 4.59. The number of hydrogen-bond acceptors (Lipinski definition) is 7. The van der Waals surface area contributed by atoms with Crippen LogP contribution in [-0.2, 0) is 11.1 Å². The SMILES string of the molecule is CC(C)(CCCN1C(=O)c2ccccc2C1=O)n1cnc(-c2cccnc2)c1.CC(C)(CCCO)n1cnc(-c2cccnc2)c1. The second-order valence-corrected chi connectivity index (χ2v) is 12.7. The number of benzene rings is 1. The largest absolute Gasteiger partial charge is 0.396 e. The molecule has 5 aromatic rings. The number of pyridine rings is 2. The first-order chi connectivity index (χ1) is 22.1. The second kappa shape index (κ2) is 14.0. The Bertz CT molecular complexity index is 1730. The maximum atomic E-state index is 12.5. The highest BCUT2D eigenvalue weighted by molar-refractivity contribution is 6.21. The van der Waals surface area contributed by atoms with E-state index in [1.54, 1.807) is 42.9 Å². The zero-order valence-corrected chi connectivity index (χ0v) is 26.9. The summed E-state index contributed by atoms with van der Waals surface area (Å²) in [7, 11) is 0. The molecule has 6 rings (SSSR count). The van der Waals surface area contributed by atoms with E-state index in [-0.39, 0.29) is 29.5 Å². The third kappa shape index (κ3) is 7.29. The minimum absolute atomic E-state index is 0.0316. The first-order valence-corrected chi connectivity index (χ1v) is 15.6. The first-order valence-electron chi connectivity index (χ1n) is 15.6. The first kappa shape index (κ1) is 32.4. The van der Waals surface area contributed by atoms with Crippen molar-refractivity contribution in [2.24, 2.45) is 0 Å². The molecule has 1 N–H and O–H groups in total. The number of aromatic nitrogens is 6. The van der Waals surface area contributed by atoms with E-state index in [0.717, 1.165) is 48.2 Å². The zero-order chi connectivity index (χ0) is 32.7. The number of carbonyl (C=O) groups is 2. The van der Waals surface area contributed by atoms with Crippen molar-refractivity contribution >= 4 is 11.8 Å². The highest BCUT2D eigenvalue weighted by Gasteiger charge is 2.35. The fourth-order valence-electron chi connectivity index (χ4n) is 5.52. The van der Waals surface area contributed by atoms with Gasteiger partial charge in [0.2, 0.25) is 0 Å². The van der Waals surface area contributed by atoms with Gasteiger partial charge in [-0.05, 0) is 89.8 Å². The Labute approximate surface area is 269 Å². The summed E-state index contributed by atoms with van der Waals surface area (Å²) >= 11 is 0. The summed E-state index contributed by atoms with van der Waals surface area (Å²) in [6.07, 6.45) is 18.1. The van der Waals surface area contributed by atoms with Gasteiger partial charge in [-0.2, -0.15) is 0 Å². The molecule has 0 bridgehead atoms. The normalized spacial score (nSPS) is 13.0. The van der Waals surface area contributed by atoms with Gasteiger partial charge in [-0.25, -0.2) is 9.97 Å². The predicted molar refractivity (Wildman–Crippen MR) is 177 cm³/mol. The van der Waals surface area contributed by atoms with E-state index in [0.29, 0.717) is 17.7 Å². The summed E-state index contributed by atoms with van der Waals surface area (Å²) < 4.78 is 4.18. The summed E-state index contributed by atoms with van der Waals surface area (Å²) in [5.74, 6) is -0.389. The van der Waals surface area contributed by atoms with Crippen LogP contribution in [0.25, 0.3) is 22.5 Å². The van der Waals surface area contributed by atoms with Gasteiger partial charge in [0.15, 0.2) is 0 Å². The zero-order valence-electron chi connectivity index (χ0n) is 26.9. The van der Waals surface area contributed by atoms with Gasteiger partial charge in [-0.15, -0.1) is 0 Å². The molecule has 1 aliphatic heterocycles. The van der Waals surface area contributed by atoms with Gasteiger partial charge in [-0.3, -0.25) is 24.5 Å². The van der Waals surface area contributed by atoms with Crippen LogP contribution in [0.15, 0.2) is 98.4 Å². The van der Waals surface area contributed by atoms with E-state index < -0.39 is 0 Å². The van der Waals surface area contributed by atoms with Crippen LogP contribution in [0.1, 0.15) is 74.1 Å². The lowest BCUT2D eigenvalue weighted by molar-refractivity contribution is 0.0646. The number of carbonyl (C=O) groups excluding carboxylic acids is 2. The molecule has 0 unspecified atom stereocenters. The number of rotatable bonds is 11. The van der Waals surface area contributed by atoms with Crippen LogP contribution in [0.3, 0.4) is 0 Å². The second-order valence-electron chi connectivity index (χ2n) is 12.7. The Hall–Kier alpha value is -4.96. The van der Waals surface area contributed by atoms with Crippen LogP contribution in [0, 0.1) is 0 Å². The molecule has 0 atom stereocenters. The Morgan fingerprint density at radius 3 is 1.59 bits per heavy atom. The Balaban J connectivity index is 0.000000200. The minimum atomic E-state index is -0.195. The average Bonchev–Trinajstić information content (AvgIpc) is 3.83. The lowest BCUT2D eigenvalue weighted by Crippen LogP contribution is -2.32. The molecular formula is C36H41N7O3. The van der Waals surface area contributed by atoms with Gasteiger partial charge in [0.05, 0.1) is 35.2 Å². The quantitative estimate of drug-likeness (QED) is 0.175. The lowest BCUT2D eigenvalue weighted by atomic mass is 9.98. The molecule has 0 radical (unpaired) electrons. The summed E-state index contributed by atoms with van der Waals surface area (Å²) in [4.78, 5) is 43.5.